The molecule has 1 aromatic carbocycles. The van der Waals surface area contributed by atoms with Crippen molar-refractivity contribution in [3.63, 3.8) is 0 Å². The second-order valence-corrected chi connectivity index (χ2v) is 5.59. The first kappa shape index (κ1) is 13.9. The van der Waals surface area contributed by atoms with E-state index in [1.165, 1.54) is 0 Å². The smallest absolute Gasteiger partial charge is 0.336 e. The summed E-state index contributed by atoms with van der Waals surface area (Å²) in [5.41, 5.74) is 1.94. The van der Waals surface area contributed by atoms with Crippen molar-refractivity contribution in [1.29, 1.82) is 0 Å². The molecule has 0 spiro atoms. The molecular weight excluding hydrogens is 236 g/mol. The Morgan fingerprint density at radius 3 is 2.35 bits per heavy atom. The minimum atomic E-state index is -1.16. The summed E-state index contributed by atoms with van der Waals surface area (Å²) in [6.07, 6.45) is 2.18. The predicted octanol–water partition coefficient (Wildman–Crippen LogP) is 2.81. The zero-order valence-electron chi connectivity index (χ0n) is 10.6. The van der Waals surface area contributed by atoms with Gasteiger partial charge in [0.1, 0.15) is 0 Å². The molecule has 0 aromatic heterocycles. The van der Waals surface area contributed by atoms with Crippen molar-refractivity contribution in [1.82, 2.24) is 0 Å². The van der Waals surface area contributed by atoms with Gasteiger partial charge in [-0.1, -0.05) is 26.8 Å². The van der Waals surface area contributed by atoms with Crippen LogP contribution in [-0.2, 0) is 17.2 Å². The Labute approximate surface area is 104 Å². The van der Waals surface area contributed by atoms with Gasteiger partial charge < -0.3 is 5.11 Å². The Morgan fingerprint density at radius 2 is 2.00 bits per heavy atom. The van der Waals surface area contributed by atoms with Crippen LogP contribution in [0.4, 0.5) is 0 Å². The fourth-order valence-electron chi connectivity index (χ4n) is 1.99. The number of hydrogen-bond acceptors (Lipinski definition) is 2. The molecule has 1 aromatic rings. The predicted molar refractivity (Wildman–Crippen MR) is 69.2 cm³/mol. The van der Waals surface area contributed by atoms with Crippen molar-refractivity contribution < 1.29 is 14.1 Å². The largest absolute Gasteiger partial charge is 0.478 e. The van der Waals surface area contributed by atoms with E-state index in [2.05, 4.69) is 0 Å². The Kier molecular flexibility index (Phi) is 4.46. The van der Waals surface area contributed by atoms with E-state index in [0.29, 0.717) is 16.9 Å². The highest BCUT2D eigenvalue weighted by atomic mass is 32.2. The highest BCUT2D eigenvalue weighted by Gasteiger charge is 2.19. The molecule has 0 unspecified atom stereocenters. The molecule has 0 radical (unpaired) electrons. The first-order chi connectivity index (χ1) is 7.90. The molecule has 0 aliphatic carbocycles. The van der Waals surface area contributed by atoms with Gasteiger partial charge in [-0.05, 0) is 29.5 Å². The SMILES string of the molecule is CCc1c(C(=O)O)ccc(C(C)C)c1[S@@](C)=O. The fraction of sp³-hybridized carbons (Fsp3) is 0.462. The summed E-state index contributed by atoms with van der Waals surface area (Å²) < 4.78 is 11.8. The second-order valence-electron chi connectivity index (χ2n) is 4.28. The van der Waals surface area contributed by atoms with Gasteiger partial charge in [0.15, 0.2) is 0 Å². The zero-order chi connectivity index (χ0) is 13.2. The summed E-state index contributed by atoms with van der Waals surface area (Å²) >= 11 is 0. The molecule has 1 atom stereocenters. The lowest BCUT2D eigenvalue weighted by atomic mass is 9.96. The van der Waals surface area contributed by atoms with Crippen LogP contribution in [0.15, 0.2) is 17.0 Å². The monoisotopic (exact) mass is 254 g/mol. The molecule has 0 bridgehead atoms. The van der Waals surface area contributed by atoms with Gasteiger partial charge in [0, 0.05) is 11.2 Å². The molecule has 4 heteroatoms. The summed E-state index contributed by atoms with van der Waals surface area (Å²) in [5, 5.41) is 9.13. The number of carboxylic acids is 1. The maximum Gasteiger partial charge on any atom is 0.336 e. The fourth-order valence-corrected chi connectivity index (χ4v) is 3.23. The van der Waals surface area contributed by atoms with E-state index in [1.54, 1.807) is 18.4 Å². The average Bonchev–Trinajstić information content (AvgIpc) is 2.26. The number of carbonyl (C=O) groups is 1. The van der Waals surface area contributed by atoms with Gasteiger partial charge in [-0.3, -0.25) is 4.21 Å². The van der Waals surface area contributed by atoms with Crippen LogP contribution in [0, 0.1) is 0 Å². The lowest BCUT2D eigenvalue weighted by molar-refractivity contribution is 0.0695. The summed E-state index contributed by atoms with van der Waals surface area (Å²) in [7, 11) is -1.16. The van der Waals surface area contributed by atoms with Crippen LogP contribution in [0.1, 0.15) is 48.2 Å². The maximum atomic E-state index is 11.8. The van der Waals surface area contributed by atoms with Gasteiger partial charge in [-0.15, -0.1) is 0 Å². The lowest BCUT2D eigenvalue weighted by Gasteiger charge is -2.16. The second kappa shape index (κ2) is 5.45. The average molecular weight is 254 g/mol. The van der Waals surface area contributed by atoms with Crippen molar-refractivity contribution in [2.45, 2.75) is 38.0 Å². The van der Waals surface area contributed by atoms with Gasteiger partial charge in [0.25, 0.3) is 0 Å². The van der Waals surface area contributed by atoms with E-state index in [9.17, 15) is 9.00 Å². The van der Waals surface area contributed by atoms with Crippen LogP contribution >= 0.6 is 0 Å². The normalized spacial score (nSPS) is 12.8. The summed E-state index contributed by atoms with van der Waals surface area (Å²) in [4.78, 5) is 11.8. The van der Waals surface area contributed by atoms with Crippen LogP contribution in [0.5, 0.6) is 0 Å². The van der Waals surface area contributed by atoms with Crippen LogP contribution in [0.25, 0.3) is 0 Å². The third-order valence-electron chi connectivity index (χ3n) is 2.78. The molecule has 0 saturated carbocycles. The Bertz CT molecular complexity index is 464. The first-order valence-electron chi connectivity index (χ1n) is 5.62. The quantitative estimate of drug-likeness (QED) is 0.899. The molecule has 94 valence electrons. The Morgan fingerprint density at radius 1 is 1.41 bits per heavy atom. The molecule has 0 heterocycles. The number of carboxylic acid groups (broad SMARTS) is 1. The van der Waals surface area contributed by atoms with Gasteiger partial charge in [0.2, 0.25) is 0 Å². The van der Waals surface area contributed by atoms with E-state index < -0.39 is 16.8 Å². The van der Waals surface area contributed by atoms with Gasteiger partial charge in [0.05, 0.1) is 16.4 Å². The van der Waals surface area contributed by atoms with E-state index in [4.69, 9.17) is 5.11 Å². The number of rotatable bonds is 4. The van der Waals surface area contributed by atoms with Crippen molar-refractivity contribution >= 4 is 16.8 Å². The van der Waals surface area contributed by atoms with Crippen molar-refractivity contribution in [3.8, 4) is 0 Å². The molecule has 17 heavy (non-hydrogen) atoms. The van der Waals surface area contributed by atoms with E-state index in [1.807, 2.05) is 20.8 Å². The summed E-state index contributed by atoms with van der Waals surface area (Å²) in [5.74, 6) is -0.717. The lowest BCUT2D eigenvalue weighted by Crippen LogP contribution is -2.10. The Hall–Kier alpha value is -1.16. The third kappa shape index (κ3) is 2.75. The molecule has 3 nitrogen and oxygen atoms in total. The van der Waals surface area contributed by atoms with Crippen molar-refractivity contribution in [2.75, 3.05) is 6.26 Å². The topological polar surface area (TPSA) is 54.4 Å². The molecule has 0 amide bonds. The van der Waals surface area contributed by atoms with Gasteiger partial charge >= 0.3 is 5.97 Å². The molecule has 1 rings (SSSR count). The number of aromatic carboxylic acids is 1. The third-order valence-corrected chi connectivity index (χ3v) is 3.84. The molecule has 0 aliphatic rings. The number of hydrogen-bond donors (Lipinski definition) is 1. The van der Waals surface area contributed by atoms with Gasteiger partial charge in [-0.2, -0.15) is 0 Å². The molecule has 1 N–H and O–H groups in total. The standard InChI is InChI=1S/C13H18O3S/c1-5-9-11(13(14)15)7-6-10(8(2)3)12(9)17(4)16/h6-8H,5H2,1-4H3,(H,14,15)/t17-/m1/s1. The van der Waals surface area contributed by atoms with Crippen molar-refractivity contribution in [3.05, 3.63) is 28.8 Å². The minimum Gasteiger partial charge on any atom is -0.478 e. The minimum absolute atomic E-state index is 0.238. The molecule has 0 fully saturated rings. The van der Waals surface area contributed by atoms with E-state index >= 15 is 0 Å². The van der Waals surface area contributed by atoms with Crippen molar-refractivity contribution in [2.24, 2.45) is 0 Å². The maximum absolute atomic E-state index is 11.8. The zero-order valence-corrected chi connectivity index (χ0v) is 11.4. The van der Waals surface area contributed by atoms with Gasteiger partial charge in [-0.25, -0.2) is 4.79 Å². The van der Waals surface area contributed by atoms with Crippen LogP contribution < -0.4 is 0 Å². The molecule has 0 saturated heterocycles. The number of benzene rings is 1. The van der Waals surface area contributed by atoms with E-state index in [-0.39, 0.29) is 11.5 Å². The van der Waals surface area contributed by atoms with Crippen LogP contribution in [-0.4, -0.2) is 21.5 Å². The molecule has 0 aliphatic heterocycles. The summed E-state index contributed by atoms with van der Waals surface area (Å²) in [6, 6.07) is 3.40. The van der Waals surface area contributed by atoms with Crippen LogP contribution in [0.2, 0.25) is 0 Å². The summed E-state index contributed by atoms with van der Waals surface area (Å²) in [6.45, 7) is 5.93. The highest BCUT2D eigenvalue weighted by Crippen LogP contribution is 2.28. The highest BCUT2D eigenvalue weighted by molar-refractivity contribution is 7.84. The van der Waals surface area contributed by atoms with Crippen LogP contribution in [0.3, 0.4) is 0 Å². The van der Waals surface area contributed by atoms with E-state index in [0.717, 1.165) is 5.56 Å². The first-order valence-corrected chi connectivity index (χ1v) is 7.18. The molecular formula is C13H18O3S. The Balaban J connectivity index is 3.61.